The fraction of sp³-hybridized carbons (Fsp3) is 0.250. The summed E-state index contributed by atoms with van der Waals surface area (Å²) in [4.78, 5) is 36.7. The van der Waals surface area contributed by atoms with Crippen LogP contribution in [0.4, 0.5) is 0 Å². The van der Waals surface area contributed by atoms with Crippen molar-refractivity contribution < 1.29 is 29.6 Å². The molecule has 19 heavy (non-hydrogen) atoms. The number of carboxylic acid groups (broad SMARTS) is 1. The first-order chi connectivity index (χ1) is 9.06. The van der Waals surface area contributed by atoms with Gasteiger partial charge in [-0.1, -0.05) is 12.1 Å². The maximum absolute atomic E-state index is 11.7. The van der Waals surface area contributed by atoms with Crippen LogP contribution in [0.1, 0.15) is 33.6 Å². The molecular formula is C12H13NO6. The third kappa shape index (κ3) is 4.40. The van der Waals surface area contributed by atoms with E-state index in [0.717, 1.165) is 0 Å². The van der Waals surface area contributed by atoms with Crippen LogP contribution in [0, 0.1) is 0 Å². The van der Waals surface area contributed by atoms with Gasteiger partial charge in [0.25, 0.3) is 5.91 Å². The van der Waals surface area contributed by atoms with Gasteiger partial charge in [0.2, 0.25) is 0 Å². The van der Waals surface area contributed by atoms with Crippen LogP contribution in [0.3, 0.4) is 0 Å². The van der Waals surface area contributed by atoms with Crippen molar-refractivity contribution in [3.63, 3.8) is 0 Å². The minimum Gasteiger partial charge on any atom is -0.478 e. The normalized spacial score (nSPS) is 9.74. The number of carboxylic acids is 1. The highest BCUT2D eigenvalue weighted by molar-refractivity contribution is 6.04. The predicted molar refractivity (Wildman–Crippen MR) is 63.7 cm³/mol. The van der Waals surface area contributed by atoms with Crippen LogP contribution in [-0.4, -0.2) is 34.8 Å². The molecule has 1 aromatic carbocycles. The Bertz CT molecular complexity index is 485. The third-order valence-corrected chi connectivity index (χ3v) is 2.35. The second kappa shape index (κ2) is 7.12. The van der Waals surface area contributed by atoms with Crippen LogP contribution in [0.25, 0.3) is 0 Å². The van der Waals surface area contributed by atoms with E-state index in [1.165, 1.54) is 18.2 Å². The van der Waals surface area contributed by atoms with Crippen molar-refractivity contribution in [2.45, 2.75) is 12.8 Å². The van der Waals surface area contributed by atoms with Gasteiger partial charge < -0.3 is 15.3 Å². The summed E-state index contributed by atoms with van der Waals surface area (Å²) in [6.07, 6.45) is 0.234. The lowest BCUT2D eigenvalue weighted by atomic mass is 10.1. The lowest BCUT2D eigenvalue weighted by molar-refractivity contribution is -0.234. The highest BCUT2D eigenvalue weighted by atomic mass is 17.1. The Morgan fingerprint density at radius 3 is 2.37 bits per heavy atom. The number of hydrogen-bond donors (Lipinski definition) is 3. The van der Waals surface area contributed by atoms with Gasteiger partial charge in [-0.2, -0.15) is 5.26 Å². The molecule has 0 spiro atoms. The molecule has 0 aliphatic carbocycles. The molecule has 3 N–H and O–H groups in total. The summed E-state index contributed by atoms with van der Waals surface area (Å²) >= 11 is 0. The Morgan fingerprint density at radius 1 is 1.16 bits per heavy atom. The molecule has 0 heterocycles. The maximum Gasteiger partial charge on any atom is 0.342 e. The number of hydrogen-bond acceptors (Lipinski definition) is 5. The lowest BCUT2D eigenvalue weighted by Crippen LogP contribution is -2.26. The van der Waals surface area contributed by atoms with E-state index in [-0.39, 0.29) is 30.5 Å². The lowest BCUT2D eigenvalue weighted by Gasteiger charge is -2.07. The van der Waals surface area contributed by atoms with E-state index in [2.05, 4.69) is 10.2 Å². The number of nitrogens with one attached hydrogen (secondary N) is 1. The van der Waals surface area contributed by atoms with Crippen molar-refractivity contribution in [3.8, 4) is 0 Å². The number of amides is 1. The average Bonchev–Trinajstić information content (AvgIpc) is 2.42. The summed E-state index contributed by atoms with van der Waals surface area (Å²) in [5.74, 6) is -2.51. The molecule has 1 aromatic rings. The second-order valence-electron chi connectivity index (χ2n) is 3.67. The molecule has 102 valence electrons. The number of rotatable bonds is 6. The van der Waals surface area contributed by atoms with E-state index >= 15 is 0 Å². The molecule has 7 heteroatoms. The van der Waals surface area contributed by atoms with E-state index in [4.69, 9.17) is 10.4 Å². The molecular weight excluding hydrogens is 254 g/mol. The number of carbonyl (C=O) groups excluding carboxylic acids is 2. The Kier molecular flexibility index (Phi) is 5.49. The fourth-order valence-corrected chi connectivity index (χ4v) is 1.44. The zero-order chi connectivity index (χ0) is 14.3. The molecule has 0 aliphatic heterocycles. The molecule has 0 fully saturated rings. The summed E-state index contributed by atoms with van der Waals surface area (Å²) in [5.41, 5.74) is -0.0329. The van der Waals surface area contributed by atoms with Crippen LogP contribution in [0.2, 0.25) is 0 Å². The van der Waals surface area contributed by atoms with E-state index < -0.39 is 17.8 Å². The van der Waals surface area contributed by atoms with Gasteiger partial charge in [-0.3, -0.25) is 4.79 Å². The highest BCUT2D eigenvalue weighted by Gasteiger charge is 2.15. The van der Waals surface area contributed by atoms with Crippen molar-refractivity contribution in [1.82, 2.24) is 5.32 Å². The fourth-order valence-electron chi connectivity index (χ4n) is 1.44. The summed E-state index contributed by atoms with van der Waals surface area (Å²) in [6.45, 7) is 0.169. The number of carbonyl (C=O) groups is 3. The quantitative estimate of drug-likeness (QED) is 0.401. The topological polar surface area (TPSA) is 113 Å². The molecule has 0 radical (unpaired) electrons. The van der Waals surface area contributed by atoms with Gasteiger partial charge in [-0.25, -0.2) is 9.59 Å². The van der Waals surface area contributed by atoms with Crippen molar-refractivity contribution in [1.29, 1.82) is 0 Å². The smallest absolute Gasteiger partial charge is 0.342 e. The molecule has 0 unspecified atom stereocenters. The number of benzene rings is 1. The molecule has 0 saturated heterocycles. The molecule has 1 rings (SSSR count). The average molecular weight is 267 g/mol. The highest BCUT2D eigenvalue weighted by Crippen LogP contribution is 2.08. The molecule has 1 amide bonds. The summed E-state index contributed by atoms with van der Waals surface area (Å²) in [7, 11) is 0. The van der Waals surface area contributed by atoms with Crippen LogP contribution in [0.5, 0.6) is 0 Å². The number of aromatic carboxylic acids is 1. The molecule has 0 atom stereocenters. The second-order valence-corrected chi connectivity index (χ2v) is 3.67. The van der Waals surface area contributed by atoms with Gasteiger partial charge in [-0.15, -0.1) is 0 Å². The van der Waals surface area contributed by atoms with Crippen LogP contribution >= 0.6 is 0 Å². The summed E-state index contributed by atoms with van der Waals surface area (Å²) < 4.78 is 0. The van der Waals surface area contributed by atoms with Gasteiger partial charge in [0, 0.05) is 6.54 Å². The Labute approximate surface area is 108 Å². The first kappa shape index (κ1) is 14.7. The molecule has 7 nitrogen and oxygen atoms in total. The predicted octanol–water partition coefficient (Wildman–Crippen LogP) is 0.911. The summed E-state index contributed by atoms with van der Waals surface area (Å²) in [6, 6.07) is 5.82. The van der Waals surface area contributed by atoms with Crippen LogP contribution in [-0.2, 0) is 9.68 Å². The van der Waals surface area contributed by atoms with Gasteiger partial charge >= 0.3 is 11.9 Å². The van der Waals surface area contributed by atoms with E-state index in [9.17, 15) is 14.4 Å². The van der Waals surface area contributed by atoms with Crippen molar-refractivity contribution in [2.24, 2.45) is 0 Å². The van der Waals surface area contributed by atoms with Crippen molar-refractivity contribution >= 4 is 17.8 Å². The minimum atomic E-state index is -1.19. The third-order valence-electron chi connectivity index (χ3n) is 2.35. The van der Waals surface area contributed by atoms with Gasteiger partial charge in [0.05, 0.1) is 17.5 Å². The van der Waals surface area contributed by atoms with Crippen molar-refractivity contribution in [3.05, 3.63) is 35.4 Å². The maximum atomic E-state index is 11.7. The Hall–Kier alpha value is -2.41. The zero-order valence-corrected chi connectivity index (χ0v) is 9.96. The SMILES string of the molecule is O=C(CCCNC(=O)c1ccccc1C(=O)O)OO. The Balaban J connectivity index is 2.55. The molecule has 0 saturated carbocycles. The van der Waals surface area contributed by atoms with E-state index in [0.29, 0.717) is 0 Å². The monoisotopic (exact) mass is 267 g/mol. The minimum absolute atomic E-state index is 0.0443. The summed E-state index contributed by atoms with van der Waals surface area (Å²) in [5, 5.41) is 19.4. The zero-order valence-electron chi connectivity index (χ0n) is 9.96. The first-order valence-electron chi connectivity index (χ1n) is 5.51. The molecule has 0 aliphatic rings. The molecule has 0 bridgehead atoms. The largest absolute Gasteiger partial charge is 0.478 e. The van der Waals surface area contributed by atoms with Gasteiger partial charge in [-0.05, 0) is 18.6 Å². The standard InChI is InChI=1S/C12H13NO6/c14-10(19-18)6-3-7-13-11(15)8-4-1-2-5-9(8)12(16)17/h1-2,4-5,18H,3,6-7H2,(H,13,15)(H,16,17). The van der Waals surface area contributed by atoms with E-state index in [1.54, 1.807) is 6.07 Å². The first-order valence-corrected chi connectivity index (χ1v) is 5.51. The van der Waals surface area contributed by atoms with Gasteiger partial charge in [0.1, 0.15) is 0 Å². The van der Waals surface area contributed by atoms with Crippen molar-refractivity contribution in [2.75, 3.05) is 6.54 Å². The van der Waals surface area contributed by atoms with Gasteiger partial charge in [0.15, 0.2) is 0 Å². The van der Waals surface area contributed by atoms with Crippen LogP contribution in [0.15, 0.2) is 24.3 Å². The van der Waals surface area contributed by atoms with E-state index in [1.807, 2.05) is 0 Å². The molecule has 0 aromatic heterocycles. The van der Waals surface area contributed by atoms with Crippen LogP contribution < -0.4 is 5.32 Å². The Morgan fingerprint density at radius 2 is 1.79 bits per heavy atom.